The van der Waals surface area contributed by atoms with Crippen molar-refractivity contribution in [2.45, 2.75) is 20.8 Å². The summed E-state index contributed by atoms with van der Waals surface area (Å²) in [7, 11) is 0. The highest BCUT2D eigenvalue weighted by Gasteiger charge is 2.20. The summed E-state index contributed by atoms with van der Waals surface area (Å²) in [6.45, 7) is 5.87. The number of halogens is 1. The molecule has 0 aliphatic rings. The number of nitrogens with one attached hydrogen (secondary N) is 1. The lowest BCUT2D eigenvalue weighted by molar-refractivity contribution is 0.101. The SMILES string of the molecule is Cc1ccc(-c2nc(C(=O)Nc3c(C)cccc3C)nn2-c2ccc(F)cc2)cc1. The maximum atomic E-state index is 13.4. The minimum Gasteiger partial charge on any atom is -0.319 e. The number of rotatable bonds is 4. The number of carbonyl (C=O) groups excluding carboxylic acids is 1. The van der Waals surface area contributed by atoms with Crippen LogP contribution in [0.3, 0.4) is 0 Å². The van der Waals surface area contributed by atoms with Crippen molar-refractivity contribution in [3.63, 3.8) is 0 Å². The number of para-hydroxylation sites is 1. The van der Waals surface area contributed by atoms with Gasteiger partial charge in [0.05, 0.1) is 5.69 Å². The molecule has 0 spiro atoms. The molecule has 3 aromatic carbocycles. The van der Waals surface area contributed by atoms with Gasteiger partial charge < -0.3 is 5.32 Å². The van der Waals surface area contributed by atoms with Crippen LogP contribution in [0.2, 0.25) is 0 Å². The van der Waals surface area contributed by atoms with Crippen LogP contribution >= 0.6 is 0 Å². The quantitative estimate of drug-likeness (QED) is 0.509. The lowest BCUT2D eigenvalue weighted by Crippen LogP contribution is -2.16. The van der Waals surface area contributed by atoms with Gasteiger partial charge in [-0.15, -0.1) is 5.10 Å². The van der Waals surface area contributed by atoms with Gasteiger partial charge in [-0.3, -0.25) is 4.79 Å². The van der Waals surface area contributed by atoms with Gasteiger partial charge in [0, 0.05) is 11.3 Å². The molecule has 0 radical (unpaired) electrons. The van der Waals surface area contributed by atoms with Crippen molar-refractivity contribution in [1.29, 1.82) is 0 Å². The first-order valence-electron chi connectivity index (χ1n) is 9.60. The zero-order valence-corrected chi connectivity index (χ0v) is 17.0. The van der Waals surface area contributed by atoms with Crippen molar-refractivity contribution in [3.05, 3.63) is 95.1 Å². The first kappa shape index (κ1) is 19.5. The molecular formula is C24H21FN4O. The van der Waals surface area contributed by atoms with E-state index < -0.39 is 5.91 Å². The summed E-state index contributed by atoms with van der Waals surface area (Å²) in [5, 5.41) is 7.35. The second-order valence-electron chi connectivity index (χ2n) is 7.23. The Morgan fingerprint density at radius 2 is 1.53 bits per heavy atom. The average molecular weight is 400 g/mol. The summed E-state index contributed by atoms with van der Waals surface area (Å²) < 4.78 is 15.0. The van der Waals surface area contributed by atoms with E-state index in [2.05, 4.69) is 15.4 Å². The standard InChI is InChI=1S/C24H21FN4O/c1-15-7-9-18(10-8-15)23-27-22(28-29(23)20-13-11-19(25)12-14-20)24(30)26-21-16(2)5-4-6-17(21)3/h4-14H,1-3H3,(H,26,30). The number of aromatic nitrogens is 3. The van der Waals surface area contributed by atoms with Gasteiger partial charge in [-0.25, -0.2) is 14.1 Å². The van der Waals surface area contributed by atoms with Gasteiger partial charge in [0.25, 0.3) is 5.91 Å². The molecule has 6 heteroatoms. The van der Waals surface area contributed by atoms with Crippen molar-refractivity contribution < 1.29 is 9.18 Å². The van der Waals surface area contributed by atoms with E-state index in [9.17, 15) is 9.18 Å². The third kappa shape index (κ3) is 3.85. The molecule has 0 aliphatic carbocycles. The summed E-state index contributed by atoms with van der Waals surface area (Å²) in [5.41, 5.74) is 5.20. The number of aryl methyl sites for hydroxylation is 3. The molecule has 1 heterocycles. The first-order valence-corrected chi connectivity index (χ1v) is 9.60. The molecule has 30 heavy (non-hydrogen) atoms. The van der Waals surface area contributed by atoms with Crippen LogP contribution < -0.4 is 5.32 Å². The van der Waals surface area contributed by atoms with Crippen molar-refractivity contribution in [2.24, 2.45) is 0 Å². The maximum absolute atomic E-state index is 13.4. The van der Waals surface area contributed by atoms with Gasteiger partial charge in [-0.05, 0) is 56.2 Å². The number of amides is 1. The molecule has 0 aliphatic heterocycles. The van der Waals surface area contributed by atoms with Gasteiger partial charge in [-0.1, -0.05) is 48.0 Å². The van der Waals surface area contributed by atoms with Gasteiger partial charge in [0.15, 0.2) is 5.82 Å². The Morgan fingerprint density at radius 3 is 2.17 bits per heavy atom. The summed E-state index contributed by atoms with van der Waals surface area (Å²) in [6, 6.07) is 19.5. The molecule has 0 saturated heterocycles. The summed E-state index contributed by atoms with van der Waals surface area (Å²) >= 11 is 0. The highest BCUT2D eigenvalue weighted by atomic mass is 19.1. The number of benzene rings is 3. The third-order valence-corrected chi connectivity index (χ3v) is 4.91. The van der Waals surface area contributed by atoms with Crippen molar-refractivity contribution >= 4 is 11.6 Å². The van der Waals surface area contributed by atoms with Gasteiger partial charge >= 0.3 is 0 Å². The van der Waals surface area contributed by atoms with Gasteiger partial charge in [-0.2, -0.15) is 0 Å². The molecule has 1 N–H and O–H groups in total. The predicted octanol–water partition coefficient (Wildman–Crippen LogP) is 5.25. The van der Waals surface area contributed by atoms with Crippen LogP contribution in [0.5, 0.6) is 0 Å². The smallest absolute Gasteiger partial charge is 0.295 e. The predicted molar refractivity (Wildman–Crippen MR) is 115 cm³/mol. The molecule has 4 aromatic rings. The summed E-state index contributed by atoms with van der Waals surface area (Å²) in [4.78, 5) is 17.5. The van der Waals surface area contributed by atoms with E-state index in [0.29, 0.717) is 11.5 Å². The van der Waals surface area contributed by atoms with Crippen molar-refractivity contribution in [1.82, 2.24) is 14.8 Å². The molecule has 150 valence electrons. The molecule has 0 atom stereocenters. The number of anilines is 1. The fourth-order valence-corrected chi connectivity index (χ4v) is 3.24. The fourth-order valence-electron chi connectivity index (χ4n) is 3.24. The highest BCUT2D eigenvalue weighted by Crippen LogP contribution is 2.24. The summed E-state index contributed by atoms with van der Waals surface area (Å²) in [6.07, 6.45) is 0. The van der Waals surface area contributed by atoms with Crippen LogP contribution in [0.25, 0.3) is 17.1 Å². The zero-order chi connectivity index (χ0) is 21.3. The number of hydrogen-bond acceptors (Lipinski definition) is 3. The second kappa shape index (κ2) is 7.91. The van der Waals surface area contributed by atoms with Crippen LogP contribution in [0, 0.1) is 26.6 Å². The Hall–Kier alpha value is -3.80. The largest absolute Gasteiger partial charge is 0.319 e. The number of hydrogen-bond donors (Lipinski definition) is 1. The second-order valence-corrected chi connectivity index (χ2v) is 7.23. The van der Waals surface area contributed by atoms with Crippen LogP contribution in [0.15, 0.2) is 66.7 Å². The monoisotopic (exact) mass is 400 g/mol. The van der Waals surface area contributed by atoms with Crippen LogP contribution in [0.1, 0.15) is 27.3 Å². The Kier molecular flexibility index (Phi) is 5.14. The third-order valence-electron chi connectivity index (χ3n) is 4.91. The Labute approximate surface area is 174 Å². The van der Waals surface area contributed by atoms with E-state index in [1.165, 1.54) is 12.1 Å². The lowest BCUT2D eigenvalue weighted by atomic mass is 10.1. The zero-order valence-electron chi connectivity index (χ0n) is 17.0. The van der Waals surface area contributed by atoms with E-state index in [-0.39, 0.29) is 11.6 Å². The molecule has 1 aromatic heterocycles. The molecule has 1 amide bonds. The molecule has 4 rings (SSSR count). The average Bonchev–Trinajstić information content (AvgIpc) is 3.17. The van der Waals surface area contributed by atoms with E-state index >= 15 is 0 Å². The molecule has 0 bridgehead atoms. The number of nitrogens with zero attached hydrogens (tertiary/aromatic N) is 3. The van der Waals surface area contributed by atoms with Gasteiger partial charge in [0.1, 0.15) is 5.82 Å². The number of carbonyl (C=O) groups is 1. The molecule has 0 saturated carbocycles. The normalized spacial score (nSPS) is 10.8. The molecule has 0 unspecified atom stereocenters. The van der Waals surface area contributed by atoms with Crippen LogP contribution in [-0.4, -0.2) is 20.7 Å². The Bertz CT molecular complexity index is 1130. The van der Waals surface area contributed by atoms with Crippen LogP contribution in [0.4, 0.5) is 10.1 Å². The van der Waals surface area contributed by atoms with E-state index in [0.717, 1.165) is 27.9 Å². The maximum Gasteiger partial charge on any atom is 0.295 e. The van der Waals surface area contributed by atoms with Crippen LogP contribution in [-0.2, 0) is 0 Å². The Balaban J connectivity index is 1.77. The highest BCUT2D eigenvalue weighted by molar-refractivity contribution is 6.02. The summed E-state index contributed by atoms with van der Waals surface area (Å²) in [5.74, 6) is -0.198. The topological polar surface area (TPSA) is 59.8 Å². The minimum absolute atomic E-state index is 0.0394. The van der Waals surface area contributed by atoms with Gasteiger partial charge in [0.2, 0.25) is 5.82 Å². The fraction of sp³-hybridized carbons (Fsp3) is 0.125. The van der Waals surface area contributed by atoms with E-state index in [4.69, 9.17) is 0 Å². The van der Waals surface area contributed by atoms with E-state index in [1.807, 2.05) is 63.2 Å². The Morgan fingerprint density at radius 1 is 0.900 bits per heavy atom. The molecular weight excluding hydrogens is 379 g/mol. The first-order chi connectivity index (χ1) is 14.4. The van der Waals surface area contributed by atoms with Crippen molar-refractivity contribution in [2.75, 3.05) is 5.32 Å². The van der Waals surface area contributed by atoms with Crippen molar-refractivity contribution in [3.8, 4) is 17.1 Å². The molecule has 0 fully saturated rings. The van der Waals surface area contributed by atoms with E-state index in [1.54, 1.807) is 16.8 Å². The lowest BCUT2D eigenvalue weighted by Gasteiger charge is -2.09. The minimum atomic E-state index is -0.401. The molecule has 5 nitrogen and oxygen atoms in total.